The monoisotopic (exact) mass is 492 g/mol. The molecule has 0 saturated carbocycles. The van der Waals surface area contributed by atoms with Gasteiger partial charge >= 0.3 is 5.04 Å². The fourth-order valence-electron chi connectivity index (χ4n) is 3.79. The van der Waals surface area contributed by atoms with Crippen LogP contribution in [0.4, 0.5) is 0 Å². The first-order valence-corrected chi connectivity index (χ1v) is 13.4. The average Bonchev–Trinajstić information content (AvgIpc) is 2.83. The lowest BCUT2D eigenvalue weighted by Crippen LogP contribution is -2.27. The van der Waals surface area contributed by atoms with Crippen molar-refractivity contribution in [2.24, 2.45) is 0 Å². The Hall–Kier alpha value is -3.28. The normalized spacial score (nSPS) is 11.8. The number of Topliss-reactive ketones (excluding diaryl/α,β-unsaturated/α-hetero) is 1. The van der Waals surface area contributed by atoms with Gasteiger partial charge in [-0.2, -0.15) is 0 Å². The molecular weight excluding hydrogens is 460 g/mol. The summed E-state index contributed by atoms with van der Waals surface area (Å²) in [6, 6.07) is 17.2. The van der Waals surface area contributed by atoms with Crippen molar-refractivity contribution in [1.29, 1.82) is 0 Å². The molecule has 0 fully saturated rings. The van der Waals surface area contributed by atoms with Crippen molar-refractivity contribution in [1.82, 2.24) is 0 Å². The van der Waals surface area contributed by atoms with Gasteiger partial charge in [0.1, 0.15) is 10.6 Å². The van der Waals surface area contributed by atoms with E-state index in [4.69, 9.17) is 4.74 Å². The molecule has 0 radical (unpaired) electrons. The molecule has 6 nitrogen and oxygen atoms in total. The van der Waals surface area contributed by atoms with Gasteiger partial charge in [0.15, 0.2) is 0 Å². The van der Waals surface area contributed by atoms with E-state index in [2.05, 4.69) is 11.7 Å². The second-order valence-corrected chi connectivity index (χ2v) is 11.5. The highest BCUT2D eigenvalue weighted by molar-refractivity contribution is 8.08. The van der Waals surface area contributed by atoms with E-state index in [1.807, 2.05) is 51.1 Å². The fourth-order valence-corrected chi connectivity index (χ4v) is 5.15. The summed E-state index contributed by atoms with van der Waals surface area (Å²) in [4.78, 5) is 16.0. The van der Waals surface area contributed by atoms with Crippen molar-refractivity contribution in [3.8, 4) is 5.75 Å². The summed E-state index contributed by atoms with van der Waals surface area (Å²) in [7, 11) is -4.49. The third kappa shape index (κ3) is 6.05. The Labute approximate surface area is 207 Å². The SMILES string of the molecule is CCCCCCOc1ccc(C(C)(C)C)cc1S(=O)(=O)C(=[N+]=[N-])C(=O)c1ccc2ccccc2c1. The predicted octanol–water partition coefficient (Wildman–Crippen LogP) is 6.38. The van der Waals surface area contributed by atoms with Crippen LogP contribution in [0, 0.1) is 0 Å². The minimum atomic E-state index is -4.49. The van der Waals surface area contributed by atoms with Crippen LogP contribution in [0.25, 0.3) is 16.3 Å². The first kappa shape index (κ1) is 26.3. The predicted molar refractivity (Wildman–Crippen MR) is 139 cm³/mol. The van der Waals surface area contributed by atoms with E-state index in [0.29, 0.717) is 6.61 Å². The quantitative estimate of drug-likeness (QED) is 0.0864. The Morgan fingerprint density at radius 2 is 1.66 bits per heavy atom. The number of benzene rings is 3. The van der Waals surface area contributed by atoms with Crippen LogP contribution in [0.3, 0.4) is 0 Å². The first-order valence-electron chi connectivity index (χ1n) is 11.9. The molecule has 0 aliphatic rings. The number of unbranched alkanes of at least 4 members (excludes halogenated alkanes) is 3. The Bertz CT molecular complexity index is 1380. The number of ether oxygens (including phenoxy) is 1. The standard InChI is InChI=1S/C28H32N2O4S/c1-5-6-7-10-17-34-24-16-15-23(28(2,3)4)19-25(24)35(32,33)27(30-29)26(31)22-14-13-20-11-8-9-12-21(20)18-22/h8-9,11-16,18-19H,5-7,10,17H2,1-4H3. The van der Waals surface area contributed by atoms with Crippen LogP contribution in [-0.4, -0.2) is 30.6 Å². The Morgan fingerprint density at radius 3 is 2.31 bits per heavy atom. The van der Waals surface area contributed by atoms with Gasteiger partial charge in [0.2, 0.25) is 0 Å². The van der Waals surface area contributed by atoms with Gasteiger partial charge in [0.25, 0.3) is 15.6 Å². The Kier molecular flexibility index (Phi) is 8.26. The number of sulfone groups is 1. The second-order valence-electron chi connectivity index (χ2n) is 9.62. The minimum absolute atomic E-state index is 0.120. The minimum Gasteiger partial charge on any atom is -0.492 e. The van der Waals surface area contributed by atoms with Gasteiger partial charge in [0.05, 0.1) is 6.61 Å². The lowest BCUT2D eigenvalue weighted by molar-refractivity contribution is -0.00159. The molecule has 0 spiro atoms. The molecule has 3 rings (SSSR count). The topological polar surface area (TPSA) is 96.8 Å². The van der Waals surface area contributed by atoms with Crippen molar-refractivity contribution >= 4 is 31.4 Å². The lowest BCUT2D eigenvalue weighted by atomic mass is 9.87. The zero-order valence-electron chi connectivity index (χ0n) is 20.7. The van der Waals surface area contributed by atoms with E-state index in [1.54, 1.807) is 18.2 Å². The van der Waals surface area contributed by atoms with Crippen LogP contribution in [0.5, 0.6) is 5.75 Å². The maximum absolute atomic E-state index is 13.7. The molecule has 0 N–H and O–H groups in total. The molecule has 0 aliphatic heterocycles. The smallest absolute Gasteiger partial charge is 0.457 e. The summed E-state index contributed by atoms with van der Waals surface area (Å²) in [5.41, 5.74) is 10.2. The maximum atomic E-state index is 13.7. The summed E-state index contributed by atoms with van der Waals surface area (Å²) in [5, 5.41) is 0.750. The van der Waals surface area contributed by atoms with Gasteiger partial charge in [-0.1, -0.05) is 89.4 Å². The third-order valence-corrected chi connectivity index (χ3v) is 7.58. The Morgan fingerprint density at radius 1 is 0.943 bits per heavy atom. The zero-order chi connectivity index (χ0) is 25.6. The molecule has 0 bridgehead atoms. The summed E-state index contributed by atoms with van der Waals surface area (Å²) >= 11 is 0. The van der Waals surface area contributed by atoms with Crippen molar-refractivity contribution in [3.05, 3.63) is 77.3 Å². The highest BCUT2D eigenvalue weighted by Gasteiger charge is 2.40. The highest BCUT2D eigenvalue weighted by atomic mass is 32.2. The van der Waals surface area contributed by atoms with Crippen LogP contribution in [0.2, 0.25) is 0 Å². The van der Waals surface area contributed by atoms with Crippen molar-refractivity contribution < 1.29 is 22.7 Å². The maximum Gasteiger partial charge on any atom is 0.457 e. The molecule has 7 heteroatoms. The number of nitrogens with zero attached hydrogens (tertiary/aromatic N) is 2. The van der Waals surface area contributed by atoms with E-state index < -0.39 is 20.7 Å². The number of carbonyl (C=O) groups is 1. The van der Waals surface area contributed by atoms with Crippen LogP contribution in [0.15, 0.2) is 65.6 Å². The summed E-state index contributed by atoms with van der Waals surface area (Å²) in [5.74, 6) is -0.740. The van der Waals surface area contributed by atoms with Crippen molar-refractivity contribution in [3.63, 3.8) is 0 Å². The van der Waals surface area contributed by atoms with E-state index in [0.717, 1.165) is 42.0 Å². The van der Waals surface area contributed by atoms with Crippen LogP contribution in [-0.2, 0) is 15.3 Å². The molecule has 0 atom stereocenters. The van der Waals surface area contributed by atoms with Gasteiger partial charge in [0, 0.05) is 5.56 Å². The summed E-state index contributed by atoms with van der Waals surface area (Å²) in [6.45, 7) is 8.35. The Balaban J connectivity index is 2.03. The van der Waals surface area contributed by atoms with E-state index in [1.165, 1.54) is 12.1 Å². The molecule has 3 aromatic rings. The van der Waals surface area contributed by atoms with Crippen LogP contribution in [0.1, 0.15) is 69.3 Å². The van der Waals surface area contributed by atoms with Crippen molar-refractivity contribution in [2.45, 2.75) is 63.7 Å². The zero-order valence-corrected chi connectivity index (χ0v) is 21.6. The van der Waals surface area contributed by atoms with Crippen LogP contribution >= 0.6 is 0 Å². The number of rotatable bonds is 9. The average molecular weight is 493 g/mol. The second kappa shape index (κ2) is 11.0. The first-order chi connectivity index (χ1) is 16.6. The molecule has 0 heterocycles. The number of hydrogen-bond donors (Lipinski definition) is 0. The van der Waals surface area contributed by atoms with Gasteiger partial charge in [-0.15, -0.1) is 4.79 Å². The van der Waals surface area contributed by atoms with E-state index in [9.17, 15) is 18.7 Å². The fraction of sp³-hybridized carbons (Fsp3) is 0.357. The van der Waals surface area contributed by atoms with Crippen molar-refractivity contribution in [2.75, 3.05) is 6.61 Å². The molecule has 3 aromatic carbocycles. The van der Waals surface area contributed by atoms with E-state index >= 15 is 0 Å². The number of carbonyl (C=O) groups excluding carboxylic acids is 1. The lowest BCUT2D eigenvalue weighted by Gasteiger charge is -2.21. The largest absolute Gasteiger partial charge is 0.492 e. The molecule has 0 aliphatic carbocycles. The van der Waals surface area contributed by atoms with Crippen LogP contribution < -0.4 is 4.74 Å². The summed E-state index contributed by atoms with van der Waals surface area (Å²) < 4.78 is 33.2. The number of ketones is 1. The molecule has 0 unspecified atom stereocenters. The molecule has 184 valence electrons. The molecular formula is C28H32N2O4S. The molecule has 35 heavy (non-hydrogen) atoms. The number of hydrogen-bond acceptors (Lipinski definition) is 4. The summed E-state index contributed by atoms with van der Waals surface area (Å²) in [6.07, 6.45) is 3.90. The highest BCUT2D eigenvalue weighted by Crippen LogP contribution is 2.32. The molecule has 0 aromatic heterocycles. The van der Waals surface area contributed by atoms with Gasteiger partial charge in [-0.25, -0.2) is 8.42 Å². The van der Waals surface area contributed by atoms with Gasteiger partial charge < -0.3 is 10.3 Å². The molecule has 0 saturated heterocycles. The third-order valence-electron chi connectivity index (χ3n) is 5.91. The molecule has 0 amide bonds. The van der Waals surface area contributed by atoms with Gasteiger partial charge in [-0.3, -0.25) is 4.79 Å². The van der Waals surface area contributed by atoms with Gasteiger partial charge in [-0.05, 0) is 46.4 Å². The van der Waals surface area contributed by atoms with E-state index in [-0.39, 0.29) is 21.6 Å². The number of fused-ring (bicyclic) bond motifs is 1.